The molecule has 2 heterocycles. The minimum absolute atomic E-state index is 0.0502. The van der Waals surface area contributed by atoms with Gasteiger partial charge in [0.15, 0.2) is 9.84 Å². The van der Waals surface area contributed by atoms with E-state index in [1.807, 2.05) is 0 Å². The van der Waals surface area contributed by atoms with Gasteiger partial charge in [-0.2, -0.15) is 4.31 Å². The van der Waals surface area contributed by atoms with Gasteiger partial charge in [-0.25, -0.2) is 16.8 Å². The molecule has 0 radical (unpaired) electrons. The zero-order valence-corrected chi connectivity index (χ0v) is 13.4. The molecule has 2 fully saturated rings. The van der Waals surface area contributed by atoms with Gasteiger partial charge in [0.2, 0.25) is 10.0 Å². The van der Waals surface area contributed by atoms with Gasteiger partial charge in [0.1, 0.15) is 6.04 Å². The van der Waals surface area contributed by atoms with E-state index in [1.165, 1.54) is 11.8 Å². The van der Waals surface area contributed by atoms with Crippen LogP contribution in [0.25, 0.3) is 0 Å². The lowest BCUT2D eigenvalue weighted by Crippen LogP contribution is -2.49. The Morgan fingerprint density at radius 2 is 2.10 bits per heavy atom. The number of thioether (sulfide) groups is 1. The summed E-state index contributed by atoms with van der Waals surface area (Å²) in [5.74, 6) is -1.53. The van der Waals surface area contributed by atoms with E-state index in [0.717, 1.165) is 4.31 Å². The van der Waals surface area contributed by atoms with Gasteiger partial charge in [-0.3, -0.25) is 4.79 Å². The molecule has 116 valence electrons. The quantitative estimate of drug-likeness (QED) is 0.749. The molecule has 0 bridgehead atoms. The van der Waals surface area contributed by atoms with E-state index >= 15 is 0 Å². The third-order valence-corrected chi connectivity index (χ3v) is 9.48. The molecule has 3 atom stereocenters. The van der Waals surface area contributed by atoms with Crippen LogP contribution in [0.2, 0.25) is 0 Å². The second kappa shape index (κ2) is 5.47. The topological polar surface area (TPSA) is 109 Å². The van der Waals surface area contributed by atoms with Crippen LogP contribution in [0.1, 0.15) is 19.8 Å². The largest absolute Gasteiger partial charge is 0.480 e. The van der Waals surface area contributed by atoms with Crippen molar-refractivity contribution in [3.8, 4) is 0 Å². The van der Waals surface area contributed by atoms with Crippen LogP contribution in [0.15, 0.2) is 0 Å². The van der Waals surface area contributed by atoms with Crippen molar-refractivity contribution in [3.63, 3.8) is 0 Å². The molecule has 1 N–H and O–H groups in total. The van der Waals surface area contributed by atoms with Crippen LogP contribution in [0, 0.1) is 0 Å². The Kier molecular flexibility index (Phi) is 4.39. The van der Waals surface area contributed by atoms with Crippen LogP contribution in [-0.2, 0) is 24.7 Å². The van der Waals surface area contributed by atoms with Gasteiger partial charge in [-0.1, -0.05) is 6.92 Å². The monoisotopic (exact) mass is 343 g/mol. The lowest BCUT2D eigenvalue weighted by atomic mass is 10.3. The highest BCUT2D eigenvalue weighted by atomic mass is 32.2. The van der Waals surface area contributed by atoms with E-state index < -0.39 is 48.2 Å². The molecule has 10 heteroatoms. The van der Waals surface area contributed by atoms with Gasteiger partial charge < -0.3 is 5.11 Å². The van der Waals surface area contributed by atoms with Crippen LogP contribution in [0.5, 0.6) is 0 Å². The first-order chi connectivity index (χ1) is 9.19. The number of sulfonamides is 1. The lowest BCUT2D eigenvalue weighted by molar-refractivity contribution is -0.140. The van der Waals surface area contributed by atoms with Crippen molar-refractivity contribution in [3.05, 3.63) is 0 Å². The maximum atomic E-state index is 12.6. The van der Waals surface area contributed by atoms with E-state index in [4.69, 9.17) is 5.11 Å². The fourth-order valence-corrected chi connectivity index (χ4v) is 9.17. The molecule has 0 saturated carbocycles. The predicted molar refractivity (Wildman–Crippen MR) is 75.8 cm³/mol. The first-order valence-corrected chi connectivity index (χ1v) is 10.6. The van der Waals surface area contributed by atoms with Crippen LogP contribution in [0.4, 0.5) is 0 Å². The molecule has 0 spiro atoms. The molecule has 0 aliphatic carbocycles. The summed E-state index contributed by atoms with van der Waals surface area (Å²) in [4.78, 5) is 11.2. The van der Waals surface area contributed by atoms with Crippen molar-refractivity contribution >= 4 is 37.6 Å². The molecule has 2 rings (SSSR count). The van der Waals surface area contributed by atoms with Crippen LogP contribution >= 0.6 is 11.8 Å². The van der Waals surface area contributed by atoms with Gasteiger partial charge >= 0.3 is 5.97 Å². The first kappa shape index (κ1) is 16.1. The van der Waals surface area contributed by atoms with Crippen molar-refractivity contribution in [2.45, 2.75) is 36.4 Å². The van der Waals surface area contributed by atoms with Crippen molar-refractivity contribution in [1.29, 1.82) is 0 Å². The van der Waals surface area contributed by atoms with Gasteiger partial charge in [0, 0.05) is 5.75 Å². The number of rotatable bonds is 4. The Balaban J connectivity index is 2.33. The van der Waals surface area contributed by atoms with Crippen molar-refractivity contribution in [2.75, 3.05) is 17.3 Å². The Labute approximate surface area is 122 Å². The van der Waals surface area contributed by atoms with Crippen LogP contribution in [-0.4, -0.2) is 66.1 Å². The standard InChI is InChI=1S/C10H17NO6S3/c1-2-9-11(8(5-18-9)10(12)13)20(16,17)7-3-4-19(14,15)6-7/h7-9H,2-6H2,1H3,(H,12,13). The fourth-order valence-electron chi connectivity index (χ4n) is 2.54. The van der Waals surface area contributed by atoms with Crippen molar-refractivity contribution in [2.24, 2.45) is 0 Å². The van der Waals surface area contributed by atoms with E-state index in [0.29, 0.717) is 6.42 Å². The summed E-state index contributed by atoms with van der Waals surface area (Å²) in [5.41, 5.74) is 0. The van der Waals surface area contributed by atoms with E-state index in [2.05, 4.69) is 0 Å². The summed E-state index contributed by atoms with van der Waals surface area (Å²) >= 11 is 1.29. The Morgan fingerprint density at radius 3 is 2.55 bits per heavy atom. The summed E-state index contributed by atoms with van der Waals surface area (Å²) < 4.78 is 49.1. The smallest absolute Gasteiger partial charge is 0.322 e. The van der Waals surface area contributed by atoms with E-state index in [1.54, 1.807) is 6.92 Å². The zero-order valence-electron chi connectivity index (χ0n) is 10.9. The summed E-state index contributed by atoms with van der Waals surface area (Å²) in [7, 11) is -7.24. The third kappa shape index (κ3) is 2.83. The van der Waals surface area contributed by atoms with Crippen molar-refractivity contribution in [1.82, 2.24) is 4.31 Å². The number of sulfone groups is 1. The molecule has 2 aliphatic heterocycles. The maximum absolute atomic E-state index is 12.6. The molecule has 2 aliphatic rings. The van der Waals surface area contributed by atoms with E-state index in [-0.39, 0.29) is 17.9 Å². The highest BCUT2D eigenvalue weighted by molar-refractivity contribution is 8.01. The number of hydrogen-bond donors (Lipinski definition) is 1. The number of carboxylic acid groups (broad SMARTS) is 1. The molecule has 3 unspecified atom stereocenters. The first-order valence-electron chi connectivity index (χ1n) is 6.26. The minimum atomic E-state index is -3.91. The molecular formula is C10H17NO6S3. The molecule has 0 aromatic carbocycles. The Morgan fingerprint density at radius 1 is 1.45 bits per heavy atom. The molecule has 7 nitrogen and oxygen atoms in total. The Hall–Kier alpha value is -0.320. The number of aliphatic carboxylic acids is 1. The molecular weight excluding hydrogens is 326 g/mol. The average molecular weight is 343 g/mol. The second-order valence-electron chi connectivity index (χ2n) is 4.95. The summed E-state index contributed by atoms with van der Waals surface area (Å²) in [6.45, 7) is 1.79. The summed E-state index contributed by atoms with van der Waals surface area (Å²) in [6, 6.07) is -1.10. The lowest BCUT2D eigenvalue weighted by Gasteiger charge is -2.28. The molecule has 20 heavy (non-hydrogen) atoms. The molecule has 0 aromatic heterocycles. The summed E-state index contributed by atoms with van der Waals surface area (Å²) in [5, 5.41) is 7.73. The van der Waals surface area contributed by atoms with Gasteiger partial charge in [0.25, 0.3) is 0 Å². The normalized spacial score (nSPS) is 34.4. The van der Waals surface area contributed by atoms with E-state index in [9.17, 15) is 21.6 Å². The SMILES string of the molecule is CCC1SCC(C(=O)O)N1S(=O)(=O)C1CCS(=O)(=O)C1. The maximum Gasteiger partial charge on any atom is 0.322 e. The number of nitrogens with zero attached hydrogens (tertiary/aromatic N) is 1. The minimum Gasteiger partial charge on any atom is -0.480 e. The molecule has 0 amide bonds. The number of hydrogen-bond acceptors (Lipinski definition) is 6. The molecule has 0 aromatic rings. The number of carboxylic acids is 1. The second-order valence-corrected chi connectivity index (χ2v) is 10.5. The van der Waals surface area contributed by atoms with Crippen molar-refractivity contribution < 1.29 is 26.7 Å². The predicted octanol–water partition coefficient (Wildman–Crippen LogP) is -0.259. The third-order valence-electron chi connectivity index (χ3n) is 3.58. The zero-order chi connectivity index (χ0) is 15.1. The van der Waals surface area contributed by atoms with Crippen LogP contribution in [0.3, 0.4) is 0 Å². The van der Waals surface area contributed by atoms with Gasteiger partial charge in [0.05, 0.1) is 22.1 Å². The fraction of sp³-hybridized carbons (Fsp3) is 0.900. The molecule has 2 saturated heterocycles. The highest BCUT2D eigenvalue weighted by Crippen LogP contribution is 2.36. The highest BCUT2D eigenvalue weighted by Gasteiger charge is 2.50. The van der Waals surface area contributed by atoms with Gasteiger partial charge in [-0.15, -0.1) is 11.8 Å². The summed E-state index contributed by atoms with van der Waals surface area (Å²) in [6.07, 6.45) is 0.543. The number of carbonyl (C=O) groups is 1. The Bertz CT molecular complexity index is 598. The average Bonchev–Trinajstić information content (AvgIpc) is 2.92. The van der Waals surface area contributed by atoms with Gasteiger partial charge in [-0.05, 0) is 12.8 Å². The van der Waals surface area contributed by atoms with Crippen LogP contribution < -0.4 is 0 Å².